The molecule has 15 nitrogen and oxygen atoms in total. The van der Waals surface area contributed by atoms with Crippen LogP contribution in [0.1, 0.15) is 89.3 Å². The molecule has 4 aliphatic rings. The fourth-order valence-corrected chi connectivity index (χ4v) is 8.93. The van der Waals surface area contributed by atoms with Crippen molar-refractivity contribution in [1.29, 1.82) is 5.26 Å². The Morgan fingerprint density at radius 3 is 1.59 bits per heavy atom. The number of likely N-dealkylation sites (tertiary alicyclic amines) is 4. The number of carbonyl (C=O) groups excluding carboxylic acids is 3. The van der Waals surface area contributed by atoms with Crippen molar-refractivity contribution < 1.29 is 55.4 Å². The number of rotatable bonds is 3. The molecule has 0 bridgehead atoms. The Kier molecular flexibility index (Phi) is 12.0. The molecular formula is C34H42BrF6N9O6. The van der Waals surface area contributed by atoms with E-state index in [0.29, 0.717) is 56.7 Å². The Balaban J connectivity index is 0.000000228. The van der Waals surface area contributed by atoms with Crippen LogP contribution in [0, 0.1) is 25.2 Å². The van der Waals surface area contributed by atoms with Gasteiger partial charge in [0.25, 0.3) is 17.9 Å². The third-order valence-electron chi connectivity index (χ3n) is 11.3. The monoisotopic (exact) mass is 865 g/mol. The summed E-state index contributed by atoms with van der Waals surface area (Å²) in [5.41, 5.74) is 1.06. The lowest BCUT2D eigenvalue weighted by Gasteiger charge is -2.44. The van der Waals surface area contributed by atoms with Crippen molar-refractivity contribution in [3.8, 4) is 6.07 Å². The number of hydrogen-bond donors (Lipinski definition) is 1. The summed E-state index contributed by atoms with van der Waals surface area (Å²) in [6.45, 7) is 5.17. The number of amides is 4. The van der Waals surface area contributed by atoms with Gasteiger partial charge in [-0.25, -0.2) is 9.59 Å². The van der Waals surface area contributed by atoms with Gasteiger partial charge in [0.2, 0.25) is 0 Å². The Morgan fingerprint density at radius 2 is 1.18 bits per heavy atom. The van der Waals surface area contributed by atoms with Gasteiger partial charge in [-0.05, 0) is 81.1 Å². The Morgan fingerprint density at radius 1 is 0.750 bits per heavy atom. The van der Waals surface area contributed by atoms with Crippen molar-refractivity contribution >= 4 is 39.9 Å². The van der Waals surface area contributed by atoms with Gasteiger partial charge in [0.15, 0.2) is 0 Å². The number of ether oxygens (including phenoxy) is 1. The molecule has 0 unspecified atom stereocenters. The maximum Gasteiger partial charge on any atom is 0.434 e. The lowest BCUT2D eigenvalue weighted by atomic mass is 9.84. The molecule has 0 radical (unpaired) electrons. The van der Waals surface area contributed by atoms with E-state index in [-0.39, 0.29) is 48.6 Å². The summed E-state index contributed by atoms with van der Waals surface area (Å²) in [6.07, 6.45) is -13.6. The second-order valence-electron chi connectivity index (χ2n) is 14.6. The largest absolute Gasteiger partial charge is 0.465 e. The number of hydrogen-bond acceptors (Lipinski definition) is 8. The first-order valence-corrected chi connectivity index (χ1v) is 18.7. The third-order valence-corrected chi connectivity index (χ3v) is 12.3. The van der Waals surface area contributed by atoms with E-state index in [9.17, 15) is 50.8 Å². The van der Waals surface area contributed by atoms with Gasteiger partial charge in [0, 0.05) is 64.4 Å². The van der Waals surface area contributed by atoms with Gasteiger partial charge in [0.1, 0.15) is 23.0 Å². The highest BCUT2D eigenvalue weighted by Gasteiger charge is 2.60. The molecule has 0 atom stereocenters. The molecule has 0 aliphatic carbocycles. The predicted octanol–water partition coefficient (Wildman–Crippen LogP) is 5.54. The molecule has 56 heavy (non-hydrogen) atoms. The van der Waals surface area contributed by atoms with E-state index in [1.54, 1.807) is 23.6 Å². The molecule has 0 aromatic carbocycles. The van der Waals surface area contributed by atoms with E-state index in [2.05, 4.69) is 30.9 Å². The second-order valence-corrected chi connectivity index (χ2v) is 15.4. The van der Waals surface area contributed by atoms with Crippen molar-refractivity contribution in [3.63, 3.8) is 0 Å². The van der Waals surface area contributed by atoms with Crippen LogP contribution in [-0.4, -0.2) is 137 Å². The van der Waals surface area contributed by atoms with E-state index in [1.807, 2.05) is 17.9 Å². The Bertz CT molecular complexity index is 1880. The zero-order valence-corrected chi connectivity index (χ0v) is 32.7. The van der Waals surface area contributed by atoms with Crippen LogP contribution < -0.4 is 0 Å². The molecule has 0 saturated carbocycles. The normalized spacial score (nSPS) is 19.3. The number of aryl methyl sites for hydroxylation is 4. The SMILES string of the molecule is Cc1nn(C)c(C(=O)N2CCCC23CCN(C(=O)O)CC3)c1Br.Cc1nn(C)c(C(=O)N2CCCC23CCN(C(=O)OC(C(F)(F)F)C(F)(F)F)CC3)c1C#N. The van der Waals surface area contributed by atoms with Crippen LogP contribution in [0.4, 0.5) is 35.9 Å². The molecular weight excluding hydrogens is 824 g/mol. The van der Waals surface area contributed by atoms with Gasteiger partial charge >= 0.3 is 24.5 Å². The minimum absolute atomic E-state index is 0.0127. The summed E-state index contributed by atoms with van der Waals surface area (Å²) in [4.78, 5) is 55.3. The van der Waals surface area contributed by atoms with Crippen molar-refractivity contribution in [2.75, 3.05) is 39.3 Å². The minimum atomic E-state index is -5.79. The zero-order chi connectivity index (χ0) is 41.5. The molecule has 2 spiro atoms. The molecule has 4 amide bonds. The van der Waals surface area contributed by atoms with E-state index >= 15 is 0 Å². The van der Waals surface area contributed by atoms with E-state index in [1.165, 1.54) is 16.6 Å². The fourth-order valence-electron chi connectivity index (χ4n) is 8.42. The summed E-state index contributed by atoms with van der Waals surface area (Å²) in [5, 5.41) is 26.9. The van der Waals surface area contributed by atoms with Gasteiger partial charge < -0.3 is 29.4 Å². The molecule has 2 aromatic rings. The fraction of sp³-hybridized carbons (Fsp3) is 0.676. The average molecular weight is 867 g/mol. The molecule has 6 heterocycles. The first-order valence-electron chi connectivity index (χ1n) is 17.9. The first kappa shape index (κ1) is 42.6. The van der Waals surface area contributed by atoms with Crippen LogP contribution in [0.15, 0.2) is 4.47 Å². The molecule has 2 aromatic heterocycles. The second kappa shape index (κ2) is 15.8. The van der Waals surface area contributed by atoms with Crippen molar-refractivity contribution in [2.24, 2.45) is 14.1 Å². The first-order chi connectivity index (χ1) is 26.1. The molecule has 308 valence electrons. The standard InChI is InChI=1S/C19H21F6N5O3.C15H21BrN4O3/c1-11-12(10-26)13(28(2)27-11)14(31)30-7-3-4-17(30)5-8-29(9-6-17)16(32)33-15(18(20,21)22)19(23,24)25;1-10-11(16)12(18(2)17-10)13(21)20-7-3-4-15(20)5-8-19(9-6-15)14(22)23/h15H,3-9H2,1-2H3;3-9H2,1-2H3,(H,22,23). The van der Waals surface area contributed by atoms with Crippen LogP contribution in [-0.2, 0) is 18.8 Å². The van der Waals surface area contributed by atoms with Crippen molar-refractivity contribution in [2.45, 2.75) is 94.7 Å². The molecule has 22 heteroatoms. The number of aromatic nitrogens is 4. The van der Waals surface area contributed by atoms with Crippen LogP contribution >= 0.6 is 15.9 Å². The predicted molar refractivity (Wildman–Crippen MR) is 186 cm³/mol. The summed E-state index contributed by atoms with van der Waals surface area (Å²) >= 11 is 3.47. The van der Waals surface area contributed by atoms with Crippen LogP contribution in [0.2, 0.25) is 0 Å². The summed E-state index contributed by atoms with van der Waals surface area (Å²) in [7, 11) is 3.31. The summed E-state index contributed by atoms with van der Waals surface area (Å²) < 4.78 is 83.6. The zero-order valence-electron chi connectivity index (χ0n) is 31.1. The summed E-state index contributed by atoms with van der Waals surface area (Å²) in [6, 6.07) is 1.96. The minimum Gasteiger partial charge on any atom is -0.465 e. The molecule has 4 saturated heterocycles. The van der Waals surface area contributed by atoms with Gasteiger partial charge in [-0.2, -0.15) is 41.8 Å². The number of carboxylic acid groups (broad SMARTS) is 1. The third kappa shape index (κ3) is 8.14. The smallest absolute Gasteiger partial charge is 0.434 e. The maximum atomic E-state index is 13.3. The number of piperidine rings is 2. The van der Waals surface area contributed by atoms with Gasteiger partial charge in [-0.1, -0.05) is 0 Å². The topological polar surface area (TPSA) is 170 Å². The van der Waals surface area contributed by atoms with Gasteiger partial charge in [0.05, 0.1) is 15.9 Å². The van der Waals surface area contributed by atoms with Crippen LogP contribution in [0.3, 0.4) is 0 Å². The average Bonchev–Trinajstić information content (AvgIpc) is 3.85. The number of halogens is 7. The number of alkyl halides is 6. The summed E-state index contributed by atoms with van der Waals surface area (Å²) in [5.74, 6) is -0.446. The van der Waals surface area contributed by atoms with Crippen LogP contribution in [0.5, 0.6) is 0 Å². The van der Waals surface area contributed by atoms with Gasteiger partial charge in [-0.15, -0.1) is 0 Å². The highest BCUT2D eigenvalue weighted by atomic mass is 79.9. The molecule has 4 fully saturated rings. The van der Waals surface area contributed by atoms with E-state index in [0.717, 1.165) is 34.5 Å². The lowest BCUT2D eigenvalue weighted by Crippen LogP contribution is -2.56. The lowest BCUT2D eigenvalue weighted by molar-refractivity contribution is -0.308. The number of carbonyl (C=O) groups is 4. The highest BCUT2D eigenvalue weighted by Crippen LogP contribution is 2.42. The molecule has 6 rings (SSSR count). The van der Waals surface area contributed by atoms with Gasteiger partial charge in [-0.3, -0.25) is 19.0 Å². The van der Waals surface area contributed by atoms with Crippen molar-refractivity contribution in [3.05, 3.63) is 32.8 Å². The molecule has 1 N–H and O–H groups in total. The van der Waals surface area contributed by atoms with Crippen LogP contribution in [0.25, 0.3) is 0 Å². The van der Waals surface area contributed by atoms with E-state index in [4.69, 9.17) is 5.11 Å². The Labute approximate surface area is 326 Å². The van der Waals surface area contributed by atoms with Crippen molar-refractivity contribution in [1.82, 2.24) is 39.2 Å². The Hall–Kier alpha value is -4.55. The number of nitrogens with zero attached hydrogens (tertiary/aromatic N) is 9. The van der Waals surface area contributed by atoms with E-state index < -0.39 is 42.1 Å². The number of nitriles is 1. The highest BCUT2D eigenvalue weighted by molar-refractivity contribution is 9.10. The quantitative estimate of drug-likeness (QED) is 0.390. The molecule has 4 aliphatic heterocycles. The maximum absolute atomic E-state index is 13.3.